The second-order valence-corrected chi connectivity index (χ2v) is 5.87. The first kappa shape index (κ1) is 27.3. The molecule has 12 nitrogen and oxygen atoms in total. The van der Waals surface area contributed by atoms with Crippen molar-refractivity contribution < 1.29 is 58.3 Å². The first-order valence-corrected chi connectivity index (χ1v) is 9.12. The van der Waals surface area contributed by atoms with E-state index in [4.69, 9.17) is 0 Å². The quantitative estimate of drug-likeness (QED) is 0.114. The SMILES string of the molecule is CCOC(=O)C(=O)C(C(=O)C(=O)OCC)(C(=O)C(=O)OCC)C(CO)C(CO)CO. The summed E-state index contributed by atoms with van der Waals surface area (Å²) >= 11 is 0. The average molecular weight is 434 g/mol. The molecule has 0 bridgehead atoms. The Morgan fingerprint density at radius 3 is 1.13 bits per heavy atom. The number of hydrogen-bond donors (Lipinski definition) is 3. The van der Waals surface area contributed by atoms with Crippen LogP contribution >= 0.6 is 0 Å². The number of aliphatic hydroxyl groups excluding tert-OH is 3. The molecule has 0 amide bonds. The van der Waals surface area contributed by atoms with Crippen LogP contribution in [-0.2, 0) is 43.0 Å². The zero-order valence-corrected chi connectivity index (χ0v) is 16.9. The summed E-state index contributed by atoms with van der Waals surface area (Å²) in [6, 6.07) is 0. The Morgan fingerprint density at radius 2 is 0.933 bits per heavy atom. The van der Waals surface area contributed by atoms with E-state index in [-0.39, 0.29) is 19.8 Å². The Bertz CT molecular complexity index is 590. The Kier molecular flexibility index (Phi) is 11.6. The Morgan fingerprint density at radius 1 is 0.633 bits per heavy atom. The van der Waals surface area contributed by atoms with Gasteiger partial charge in [0.1, 0.15) is 0 Å². The van der Waals surface area contributed by atoms with E-state index in [0.717, 1.165) is 0 Å². The maximum absolute atomic E-state index is 13.0. The number of hydrogen-bond acceptors (Lipinski definition) is 12. The molecular weight excluding hydrogens is 408 g/mol. The summed E-state index contributed by atoms with van der Waals surface area (Å²) in [6.45, 7) is -0.396. The third kappa shape index (κ3) is 5.46. The van der Waals surface area contributed by atoms with Crippen LogP contribution < -0.4 is 0 Å². The molecule has 0 aromatic carbocycles. The molecule has 12 heteroatoms. The van der Waals surface area contributed by atoms with Gasteiger partial charge in [0.25, 0.3) is 17.3 Å². The zero-order chi connectivity index (χ0) is 23.5. The number of carbonyl (C=O) groups is 6. The molecule has 1 unspecified atom stereocenters. The summed E-state index contributed by atoms with van der Waals surface area (Å²) < 4.78 is 13.6. The van der Waals surface area contributed by atoms with E-state index in [0.29, 0.717) is 0 Å². The smallest absolute Gasteiger partial charge is 0.376 e. The van der Waals surface area contributed by atoms with Crippen LogP contribution in [0.15, 0.2) is 0 Å². The number of ketones is 3. The van der Waals surface area contributed by atoms with E-state index in [2.05, 4.69) is 14.2 Å². The molecule has 30 heavy (non-hydrogen) atoms. The highest BCUT2D eigenvalue weighted by Crippen LogP contribution is 2.38. The van der Waals surface area contributed by atoms with Crippen LogP contribution in [0.2, 0.25) is 0 Å². The van der Waals surface area contributed by atoms with Crippen molar-refractivity contribution in [2.75, 3.05) is 39.6 Å². The second-order valence-electron chi connectivity index (χ2n) is 5.87. The fraction of sp³-hybridized carbons (Fsp3) is 0.667. The van der Waals surface area contributed by atoms with Gasteiger partial charge in [-0.15, -0.1) is 0 Å². The van der Waals surface area contributed by atoms with Gasteiger partial charge in [-0.1, -0.05) is 0 Å². The van der Waals surface area contributed by atoms with Gasteiger partial charge in [-0.25, -0.2) is 14.4 Å². The lowest BCUT2D eigenvalue weighted by Crippen LogP contribution is -2.62. The lowest BCUT2D eigenvalue weighted by Gasteiger charge is -2.36. The average Bonchev–Trinajstić information content (AvgIpc) is 2.73. The summed E-state index contributed by atoms with van der Waals surface area (Å²) in [4.78, 5) is 75.5. The van der Waals surface area contributed by atoms with Gasteiger partial charge in [0, 0.05) is 31.7 Å². The molecule has 0 fully saturated rings. The summed E-state index contributed by atoms with van der Waals surface area (Å²) in [7, 11) is 0. The van der Waals surface area contributed by atoms with Crippen LogP contribution in [0.25, 0.3) is 0 Å². The lowest BCUT2D eigenvalue weighted by atomic mass is 9.62. The first-order valence-electron chi connectivity index (χ1n) is 9.12. The maximum atomic E-state index is 13.0. The number of esters is 3. The summed E-state index contributed by atoms with van der Waals surface area (Å²) in [5, 5.41) is 28.9. The molecule has 0 radical (unpaired) electrons. The minimum Gasteiger partial charge on any atom is -0.460 e. The minimum atomic E-state index is -3.48. The van der Waals surface area contributed by atoms with Gasteiger partial charge in [0.15, 0.2) is 5.41 Å². The second kappa shape index (κ2) is 12.8. The molecule has 1 atom stereocenters. The molecule has 0 aliphatic carbocycles. The van der Waals surface area contributed by atoms with E-state index in [9.17, 15) is 44.1 Å². The van der Waals surface area contributed by atoms with Gasteiger partial charge in [0.2, 0.25) is 0 Å². The fourth-order valence-electron chi connectivity index (χ4n) is 2.84. The minimum absolute atomic E-state index is 0.366. The summed E-state index contributed by atoms with van der Waals surface area (Å²) in [6.07, 6.45) is 0. The molecule has 0 aliphatic rings. The van der Waals surface area contributed by atoms with Crippen LogP contribution in [-0.4, -0.2) is 90.2 Å². The first-order chi connectivity index (χ1) is 14.1. The molecule has 0 aromatic heterocycles. The Balaban J connectivity index is 7.12. The van der Waals surface area contributed by atoms with Crippen molar-refractivity contribution in [2.24, 2.45) is 17.3 Å². The third-order valence-electron chi connectivity index (χ3n) is 4.25. The highest BCUT2D eigenvalue weighted by molar-refractivity contribution is 6.61. The summed E-state index contributed by atoms with van der Waals surface area (Å²) in [5.74, 6) is -14.7. The number of aliphatic hydroxyl groups is 3. The molecular formula is C18H26O12. The van der Waals surface area contributed by atoms with E-state index in [1.54, 1.807) is 0 Å². The maximum Gasteiger partial charge on any atom is 0.376 e. The van der Waals surface area contributed by atoms with Gasteiger partial charge in [-0.3, -0.25) is 14.4 Å². The Hall–Kier alpha value is -2.70. The van der Waals surface area contributed by atoms with Crippen molar-refractivity contribution in [2.45, 2.75) is 20.8 Å². The normalized spacial score (nSPS) is 12.1. The number of carbonyl (C=O) groups excluding carboxylic acids is 6. The van der Waals surface area contributed by atoms with Crippen molar-refractivity contribution in [3.05, 3.63) is 0 Å². The molecule has 0 aliphatic heterocycles. The molecule has 0 aromatic rings. The number of ether oxygens (including phenoxy) is 3. The van der Waals surface area contributed by atoms with Gasteiger partial charge in [0.05, 0.1) is 19.8 Å². The van der Waals surface area contributed by atoms with Crippen molar-refractivity contribution in [3.8, 4) is 0 Å². The molecule has 0 spiro atoms. The van der Waals surface area contributed by atoms with E-state index < -0.39 is 72.3 Å². The largest absolute Gasteiger partial charge is 0.460 e. The Labute approximate surface area is 172 Å². The molecule has 3 N–H and O–H groups in total. The van der Waals surface area contributed by atoms with Crippen LogP contribution in [0.5, 0.6) is 0 Å². The van der Waals surface area contributed by atoms with Crippen molar-refractivity contribution in [3.63, 3.8) is 0 Å². The van der Waals surface area contributed by atoms with Crippen LogP contribution in [0.1, 0.15) is 20.8 Å². The van der Waals surface area contributed by atoms with Crippen molar-refractivity contribution >= 4 is 35.3 Å². The predicted molar refractivity (Wildman–Crippen MR) is 95.6 cm³/mol. The van der Waals surface area contributed by atoms with Crippen LogP contribution in [0, 0.1) is 17.3 Å². The van der Waals surface area contributed by atoms with E-state index in [1.807, 2.05) is 0 Å². The van der Waals surface area contributed by atoms with Gasteiger partial charge < -0.3 is 29.5 Å². The topological polar surface area (TPSA) is 191 Å². The number of rotatable bonds is 14. The van der Waals surface area contributed by atoms with Gasteiger partial charge in [-0.2, -0.15) is 0 Å². The fourth-order valence-corrected chi connectivity index (χ4v) is 2.84. The molecule has 0 heterocycles. The van der Waals surface area contributed by atoms with Gasteiger partial charge >= 0.3 is 17.9 Å². The third-order valence-corrected chi connectivity index (χ3v) is 4.25. The molecule has 0 saturated carbocycles. The number of Topliss-reactive ketones (excluding diaryl/α,β-unsaturated/α-hetero) is 3. The standard InChI is InChI=1S/C18H26O12/c1-4-28-15(25)12(22)18(13(23)16(26)29-5-2,14(24)17(27)30-6-3)11(9-21)10(7-19)8-20/h10-11,19-21H,4-9H2,1-3H3. The van der Waals surface area contributed by atoms with E-state index in [1.165, 1.54) is 20.8 Å². The van der Waals surface area contributed by atoms with Crippen LogP contribution in [0.3, 0.4) is 0 Å². The molecule has 0 saturated heterocycles. The van der Waals surface area contributed by atoms with Gasteiger partial charge in [-0.05, 0) is 20.8 Å². The monoisotopic (exact) mass is 434 g/mol. The van der Waals surface area contributed by atoms with Crippen molar-refractivity contribution in [1.29, 1.82) is 0 Å². The highest BCUT2D eigenvalue weighted by atomic mass is 16.5. The predicted octanol–water partition coefficient (Wildman–Crippen LogP) is -2.42. The highest BCUT2D eigenvalue weighted by Gasteiger charge is 2.66. The lowest BCUT2D eigenvalue weighted by molar-refractivity contribution is -0.178. The summed E-state index contributed by atoms with van der Waals surface area (Å²) in [5.41, 5.74) is -3.48. The van der Waals surface area contributed by atoms with Crippen LogP contribution in [0.4, 0.5) is 0 Å². The zero-order valence-electron chi connectivity index (χ0n) is 16.9. The van der Waals surface area contributed by atoms with E-state index >= 15 is 0 Å². The molecule has 170 valence electrons. The molecule has 0 rings (SSSR count). The van der Waals surface area contributed by atoms with Crippen molar-refractivity contribution in [1.82, 2.24) is 0 Å².